The number of hydrogen-bond acceptors (Lipinski definition) is 4. The van der Waals surface area contributed by atoms with E-state index in [-0.39, 0.29) is 25.0 Å². The van der Waals surface area contributed by atoms with Crippen LogP contribution in [-0.2, 0) is 27.5 Å². The van der Waals surface area contributed by atoms with Gasteiger partial charge in [0, 0.05) is 32.2 Å². The summed E-state index contributed by atoms with van der Waals surface area (Å²) in [5.41, 5.74) is -0.0390. The fourth-order valence-electron chi connectivity index (χ4n) is 3.52. The standard InChI is InChI=1S/C19H26F3N3O3S/c1-29(27,28)24-10-2-9-23(11-12-24)14-18(26)25(17-7-8-17)13-15-3-5-16(6-4-15)19(20,21)22/h3-6,17H,2,7-14H2,1H3. The Labute approximate surface area is 169 Å². The van der Waals surface area contributed by atoms with Gasteiger partial charge in [0.1, 0.15) is 0 Å². The van der Waals surface area contributed by atoms with Gasteiger partial charge < -0.3 is 4.90 Å². The fraction of sp³-hybridized carbons (Fsp3) is 0.632. The molecule has 1 aliphatic carbocycles. The molecule has 1 aromatic rings. The molecular formula is C19H26F3N3O3S. The molecule has 2 aliphatic rings. The SMILES string of the molecule is CS(=O)(=O)N1CCCN(CC(=O)N(Cc2ccc(C(F)(F)F)cc2)C2CC2)CC1. The van der Waals surface area contributed by atoms with Gasteiger partial charge in [-0.15, -0.1) is 0 Å². The highest BCUT2D eigenvalue weighted by Gasteiger charge is 2.34. The van der Waals surface area contributed by atoms with Gasteiger partial charge in [0.25, 0.3) is 0 Å². The Morgan fingerprint density at radius 3 is 2.31 bits per heavy atom. The fourth-order valence-corrected chi connectivity index (χ4v) is 4.40. The third kappa shape index (κ3) is 6.16. The minimum atomic E-state index is -4.38. The Hall–Kier alpha value is -1.65. The number of carbonyl (C=O) groups excluding carboxylic acids is 1. The molecular weight excluding hydrogens is 407 g/mol. The summed E-state index contributed by atoms with van der Waals surface area (Å²) in [6, 6.07) is 5.05. The summed E-state index contributed by atoms with van der Waals surface area (Å²) in [7, 11) is -3.24. The molecule has 0 N–H and O–H groups in total. The number of alkyl halides is 3. The van der Waals surface area contributed by atoms with Crippen molar-refractivity contribution in [3.8, 4) is 0 Å². The summed E-state index contributed by atoms with van der Waals surface area (Å²) in [6.45, 7) is 2.39. The lowest BCUT2D eigenvalue weighted by molar-refractivity contribution is -0.137. The lowest BCUT2D eigenvalue weighted by Gasteiger charge is -2.27. The van der Waals surface area contributed by atoms with Crippen molar-refractivity contribution in [3.63, 3.8) is 0 Å². The third-order valence-corrected chi connectivity index (χ3v) is 6.62. The summed E-state index contributed by atoms with van der Waals surface area (Å²) >= 11 is 0. The van der Waals surface area contributed by atoms with E-state index in [9.17, 15) is 26.4 Å². The molecule has 1 aliphatic heterocycles. The molecule has 0 atom stereocenters. The van der Waals surface area contributed by atoms with Gasteiger partial charge in [-0.05, 0) is 43.5 Å². The zero-order valence-electron chi connectivity index (χ0n) is 16.4. The average Bonchev–Trinajstić information content (AvgIpc) is 3.46. The van der Waals surface area contributed by atoms with Crippen molar-refractivity contribution < 1.29 is 26.4 Å². The van der Waals surface area contributed by atoms with Gasteiger partial charge in [-0.25, -0.2) is 12.7 Å². The molecule has 0 spiro atoms. The molecule has 6 nitrogen and oxygen atoms in total. The monoisotopic (exact) mass is 433 g/mol. The number of carbonyl (C=O) groups is 1. The first kappa shape index (κ1) is 22.0. The predicted molar refractivity (Wildman–Crippen MR) is 102 cm³/mol. The van der Waals surface area contributed by atoms with Crippen LogP contribution in [0.3, 0.4) is 0 Å². The van der Waals surface area contributed by atoms with Gasteiger partial charge in [-0.2, -0.15) is 13.2 Å². The van der Waals surface area contributed by atoms with Crippen LogP contribution in [0.15, 0.2) is 24.3 Å². The minimum absolute atomic E-state index is 0.0693. The van der Waals surface area contributed by atoms with E-state index in [1.165, 1.54) is 22.7 Å². The Kier molecular flexibility index (Phi) is 6.54. The summed E-state index contributed by atoms with van der Waals surface area (Å²) < 4.78 is 63.1. The molecule has 0 unspecified atom stereocenters. The second-order valence-electron chi connectivity index (χ2n) is 7.74. The van der Waals surface area contributed by atoms with Crippen molar-refractivity contribution >= 4 is 15.9 Å². The van der Waals surface area contributed by atoms with Crippen LogP contribution in [0.5, 0.6) is 0 Å². The third-order valence-electron chi connectivity index (χ3n) is 5.32. The first-order chi connectivity index (χ1) is 13.5. The van der Waals surface area contributed by atoms with E-state index >= 15 is 0 Å². The number of sulfonamides is 1. The van der Waals surface area contributed by atoms with Gasteiger partial charge in [0.2, 0.25) is 15.9 Å². The van der Waals surface area contributed by atoms with Crippen LogP contribution in [0.1, 0.15) is 30.4 Å². The molecule has 1 aromatic carbocycles. The van der Waals surface area contributed by atoms with Crippen molar-refractivity contribution in [2.24, 2.45) is 0 Å². The topological polar surface area (TPSA) is 60.9 Å². The lowest BCUT2D eigenvalue weighted by atomic mass is 10.1. The number of benzene rings is 1. The normalized spacial score (nSPS) is 19.7. The van der Waals surface area contributed by atoms with Crippen LogP contribution in [0.25, 0.3) is 0 Å². The molecule has 29 heavy (non-hydrogen) atoms. The quantitative estimate of drug-likeness (QED) is 0.690. The van der Waals surface area contributed by atoms with Crippen molar-refractivity contribution in [3.05, 3.63) is 35.4 Å². The van der Waals surface area contributed by atoms with E-state index in [2.05, 4.69) is 0 Å². The number of amides is 1. The zero-order valence-corrected chi connectivity index (χ0v) is 17.2. The van der Waals surface area contributed by atoms with Gasteiger partial charge in [-0.1, -0.05) is 12.1 Å². The van der Waals surface area contributed by atoms with E-state index in [0.717, 1.165) is 25.0 Å². The summed E-state index contributed by atoms with van der Waals surface area (Å²) in [5.74, 6) is -0.0693. The van der Waals surface area contributed by atoms with Crippen LogP contribution in [0.2, 0.25) is 0 Å². The Balaban J connectivity index is 1.60. The van der Waals surface area contributed by atoms with Gasteiger partial charge >= 0.3 is 6.18 Å². The highest BCUT2D eigenvalue weighted by atomic mass is 32.2. The van der Waals surface area contributed by atoms with E-state index in [4.69, 9.17) is 0 Å². The predicted octanol–water partition coefficient (Wildman–Crippen LogP) is 2.16. The van der Waals surface area contributed by atoms with Gasteiger partial charge in [-0.3, -0.25) is 9.69 Å². The number of halogens is 3. The van der Waals surface area contributed by atoms with Crippen LogP contribution in [-0.4, -0.2) is 73.5 Å². The maximum atomic E-state index is 12.9. The molecule has 1 saturated carbocycles. The second kappa shape index (κ2) is 8.61. The van der Waals surface area contributed by atoms with E-state index < -0.39 is 21.8 Å². The maximum Gasteiger partial charge on any atom is 0.416 e. The molecule has 0 bridgehead atoms. The highest BCUT2D eigenvalue weighted by molar-refractivity contribution is 7.88. The van der Waals surface area contributed by atoms with Crippen molar-refractivity contribution in [2.45, 2.75) is 38.0 Å². The minimum Gasteiger partial charge on any atom is -0.334 e. The molecule has 3 rings (SSSR count). The van der Waals surface area contributed by atoms with Crippen molar-refractivity contribution in [1.29, 1.82) is 0 Å². The molecule has 0 radical (unpaired) electrons. The Morgan fingerprint density at radius 2 is 1.76 bits per heavy atom. The van der Waals surface area contributed by atoms with Crippen molar-refractivity contribution in [2.75, 3.05) is 39.0 Å². The first-order valence-electron chi connectivity index (χ1n) is 9.67. The zero-order chi connectivity index (χ0) is 21.2. The van der Waals surface area contributed by atoms with Crippen LogP contribution >= 0.6 is 0 Å². The summed E-state index contributed by atoms with van der Waals surface area (Å²) in [4.78, 5) is 16.6. The first-order valence-corrected chi connectivity index (χ1v) is 11.5. The van der Waals surface area contributed by atoms with E-state index in [1.54, 1.807) is 4.90 Å². The van der Waals surface area contributed by atoms with E-state index in [1.807, 2.05) is 4.90 Å². The van der Waals surface area contributed by atoms with Gasteiger partial charge in [0.15, 0.2) is 0 Å². The summed E-state index contributed by atoms with van der Waals surface area (Å²) in [5, 5.41) is 0. The number of nitrogens with zero attached hydrogens (tertiary/aromatic N) is 3. The van der Waals surface area contributed by atoms with Crippen LogP contribution in [0, 0.1) is 0 Å². The molecule has 1 heterocycles. The highest BCUT2D eigenvalue weighted by Crippen LogP contribution is 2.31. The average molecular weight is 433 g/mol. The number of rotatable bonds is 6. The molecule has 10 heteroatoms. The molecule has 0 aromatic heterocycles. The van der Waals surface area contributed by atoms with Crippen LogP contribution in [0.4, 0.5) is 13.2 Å². The van der Waals surface area contributed by atoms with Crippen LogP contribution < -0.4 is 0 Å². The lowest BCUT2D eigenvalue weighted by Crippen LogP contribution is -2.42. The van der Waals surface area contributed by atoms with Crippen molar-refractivity contribution in [1.82, 2.24) is 14.1 Å². The molecule has 162 valence electrons. The second-order valence-corrected chi connectivity index (χ2v) is 9.72. The maximum absolute atomic E-state index is 12.9. The molecule has 2 fully saturated rings. The van der Waals surface area contributed by atoms with E-state index in [0.29, 0.717) is 38.2 Å². The smallest absolute Gasteiger partial charge is 0.334 e. The molecule has 1 amide bonds. The Bertz CT molecular complexity index is 823. The molecule has 1 saturated heterocycles. The summed E-state index contributed by atoms with van der Waals surface area (Å²) in [6.07, 6.45) is -0.741. The Morgan fingerprint density at radius 1 is 1.10 bits per heavy atom. The number of hydrogen-bond donors (Lipinski definition) is 0. The van der Waals surface area contributed by atoms with Gasteiger partial charge in [0.05, 0.1) is 18.4 Å². The largest absolute Gasteiger partial charge is 0.416 e.